The molecule has 3 rings (SSSR count). The number of H-pyrrole nitrogens is 1. The summed E-state index contributed by atoms with van der Waals surface area (Å²) in [5.41, 5.74) is -2.16. The summed E-state index contributed by atoms with van der Waals surface area (Å²) in [4.78, 5) is 36.5. The molecule has 0 radical (unpaired) electrons. The molecule has 2 saturated heterocycles. The van der Waals surface area contributed by atoms with Gasteiger partial charge in [-0.15, -0.1) is 0 Å². The van der Waals surface area contributed by atoms with E-state index >= 15 is 0 Å². The van der Waals surface area contributed by atoms with E-state index in [0.29, 0.717) is 6.29 Å². The molecule has 0 aliphatic carbocycles. The van der Waals surface area contributed by atoms with E-state index in [9.17, 15) is 14.4 Å². The van der Waals surface area contributed by atoms with Crippen LogP contribution in [0.3, 0.4) is 0 Å². The van der Waals surface area contributed by atoms with Gasteiger partial charge in [-0.1, -0.05) is 0 Å². The van der Waals surface area contributed by atoms with Gasteiger partial charge >= 0.3 is 5.69 Å². The smallest absolute Gasteiger partial charge is 0.330 e. The van der Waals surface area contributed by atoms with E-state index < -0.39 is 41.1 Å². The van der Waals surface area contributed by atoms with Crippen molar-refractivity contribution in [2.24, 2.45) is 0 Å². The molecule has 2 aliphatic rings. The lowest BCUT2D eigenvalue weighted by Crippen LogP contribution is -2.45. The van der Waals surface area contributed by atoms with E-state index in [-0.39, 0.29) is 0 Å². The van der Waals surface area contributed by atoms with E-state index in [1.54, 1.807) is 20.8 Å². The molecule has 3 heterocycles. The Morgan fingerprint density at radius 1 is 1.33 bits per heavy atom. The third-order valence-electron chi connectivity index (χ3n) is 3.75. The number of ether oxygens (including phenoxy) is 3. The van der Waals surface area contributed by atoms with E-state index in [0.717, 1.165) is 0 Å². The predicted molar refractivity (Wildman–Crippen MR) is 69.7 cm³/mol. The highest BCUT2D eigenvalue weighted by Gasteiger charge is 2.64. The number of nitrogens with one attached hydrogen (secondary N) is 1. The SMILES string of the molecule is CC1(C)OC2C(C=O)OC(n3ccc(=O)[nH]c3=O)C2(C)O1. The van der Waals surface area contributed by atoms with Gasteiger partial charge in [0.1, 0.15) is 17.8 Å². The molecule has 2 fully saturated rings. The average molecular weight is 296 g/mol. The Bertz CT molecular complexity index is 692. The minimum Gasteiger partial charge on any atom is -0.341 e. The van der Waals surface area contributed by atoms with E-state index in [1.165, 1.54) is 16.8 Å². The zero-order valence-corrected chi connectivity index (χ0v) is 11.9. The summed E-state index contributed by atoms with van der Waals surface area (Å²) in [5.74, 6) is -0.894. The van der Waals surface area contributed by atoms with E-state index in [2.05, 4.69) is 4.98 Å². The van der Waals surface area contributed by atoms with Gasteiger partial charge < -0.3 is 19.0 Å². The van der Waals surface area contributed by atoms with Gasteiger partial charge in [0.15, 0.2) is 18.3 Å². The molecule has 4 unspecified atom stereocenters. The zero-order chi connectivity index (χ0) is 15.4. The van der Waals surface area contributed by atoms with Gasteiger partial charge in [0.25, 0.3) is 5.56 Å². The highest BCUT2D eigenvalue weighted by Crippen LogP contribution is 2.49. The Balaban J connectivity index is 2.09. The third kappa shape index (κ3) is 2.06. The lowest BCUT2D eigenvalue weighted by atomic mass is 9.97. The Hall–Kier alpha value is -1.77. The van der Waals surface area contributed by atoms with Crippen molar-refractivity contribution in [1.82, 2.24) is 9.55 Å². The summed E-state index contributed by atoms with van der Waals surface area (Å²) < 4.78 is 18.4. The standard InChI is InChI=1S/C13H16N2O6/c1-12(2)20-9-7(6-16)19-10(13(9,3)21-12)15-5-4-8(17)14-11(15)18/h4-7,9-10H,1-3H3,(H,14,17,18). The second-order valence-electron chi connectivity index (χ2n) is 5.83. The first-order chi connectivity index (χ1) is 9.77. The van der Waals surface area contributed by atoms with Crippen LogP contribution >= 0.6 is 0 Å². The molecule has 2 aliphatic heterocycles. The quantitative estimate of drug-likeness (QED) is 0.742. The molecule has 8 nitrogen and oxygen atoms in total. The maximum atomic E-state index is 12.0. The molecule has 0 saturated carbocycles. The number of rotatable bonds is 2. The van der Waals surface area contributed by atoms with Crippen LogP contribution < -0.4 is 11.2 Å². The molecule has 0 amide bonds. The molecule has 8 heteroatoms. The number of aromatic amines is 1. The summed E-state index contributed by atoms with van der Waals surface area (Å²) in [6, 6.07) is 1.21. The first-order valence-electron chi connectivity index (χ1n) is 6.57. The monoisotopic (exact) mass is 296 g/mol. The maximum absolute atomic E-state index is 12.0. The summed E-state index contributed by atoms with van der Waals surface area (Å²) in [5, 5.41) is 0. The molecule has 1 aromatic rings. The number of aldehydes is 1. The van der Waals surface area contributed by atoms with Crippen LogP contribution in [0.4, 0.5) is 0 Å². The number of carbonyl (C=O) groups is 1. The third-order valence-corrected chi connectivity index (χ3v) is 3.75. The van der Waals surface area contributed by atoms with Gasteiger partial charge in [-0.25, -0.2) is 4.79 Å². The molecular formula is C13H16N2O6. The Labute approximate surface area is 119 Å². The van der Waals surface area contributed by atoms with Crippen LogP contribution in [0.5, 0.6) is 0 Å². The van der Waals surface area contributed by atoms with Crippen molar-refractivity contribution >= 4 is 6.29 Å². The van der Waals surface area contributed by atoms with Crippen LogP contribution in [0.25, 0.3) is 0 Å². The minimum atomic E-state index is -1.02. The van der Waals surface area contributed by atoms with Crippen molar-refractivity contribution in [3.63, 3.8) is 0 Å². The minimum absolute atomic E-state index is 0.508. The fourth-order valence-electron chi connectivity index (χ4n) is 3.03. The van der Waals surface area contributed by atoms with Crippen molar-refractivity contribution in [3.8, 4) is 0 Å². The molecule has 114 valence electrons. The average Bonchev–Trinajstić information content (AvgIpc) is 2.76. The number of fused-ring (bicyclic) bond motifs is 1. The fourth-order valence-corrected chi connectivity index (χ4v) is 3.03. The van der Waals surface area contributed by atoms with Crippen molar-refractivity contribution in [2.45, 2.75) is 50.6 Å². The molecule has 4 atom stereocenters. The molecular weight excluding hydrogens is 280 g/mol. The fraction of sp³-hybridized carbons (Fsp3) is 0.615. The molecule has 1 N–H and O–H groups in total. The van der Waals surface area contributed by atoms with Gasteiger partial charge in [-0.3, -0.25) is 14.3 Å². The number of aromatic nitrogens is 2. The summed E-state index contributed by atoms with van der Waals surface area (Å²) in [7, 11) is 0. The van der Waals surface area contributed by atoms with Crippen LogP contribution in [-0.2, 0) is 19.0 Å². The summed E-state index contributed by atoms with van der Waals surface area (Å²) >= 11 is 0. The molecule has 0 bridgehead atoms. The zero-order valence-electron chi connectivity index (χ0n) is 11.9. The van der Waals surface area contributed by atoms with Crippen LogP contribution in [0.1, 0.15) is 27.0 Å². The second-order valence-corrected chi connectivity index (χ2v) is 5.83. The predicted octanol–water partition coefficient (Wildman–Crippen LogP) is -0.457. The van der Waals surface area contributed by atoms with Crippen LogP contribution in [0.15, 0.2) is 21.9 Å². The largest absolute Gasteiger partial charge is 0.341 e. The lowest BCUT2D eigenvalue weighted by Gasteiger charge is -2.30. The molecule has 21 heavy (non-hydrogen) atoms. The maximum Gasteiger partial charge on any atom is 0.330 e. The van der Waals surface area contributed by atoms with Crippen molar-refractivity contribution in [3.05, 3.63) is 33.1 Å². The normalized spacial score (nSPS) is 37.4. The first-order valence-corrected chi connectivity index (χ1v) is 6.57. The lowest BCUT2D eigenvalue weighted by molar-refractivity contribution is -0.213. The topological polar surface area (TPSA) is 99.6 Å². The van der Waals surface area contributed by atoms with Crippen LogP contribution in [0, 0.1) is 0 Å². The van der Waals surface area contributed by atoms with Gasteiger partial charge in [0.05, 0.1) is 0 Å². The van der Waals surface area contributed by atoms with Gasteiger partial charge in [0, 0.05) is 12.3 Å². The Morgan fingerprint density at radius 2 is 2.05 bits per heavy atom. The first kappa shape index (κ1) is 14.2. The van der Waals surface area contributed by atoms with Crippen LogP contribution in [-0.4, -0.2) is 39.4 Å². The highest BCUT2D eigenvalue weighted by molar-refractivity contribution is 5.58. The molecule has 0 spiro atoms. The van der Waals surface area contributed by atoms with Crippen molar-refractivity contribution in [1.29, 1.82) is 0 Å². The van der Waals surface area contributed by atoms with Crippen molar-refractivity contribution < 1.29 is 19.0 Å². The van der Waals surface area contributed by atoms with Gasteiger partial charge in [0.2, 0.25) is 0 Å². The highest BCUT2D eigenvalue weighted by atomic mass is 16.8. The Kier molecular flexibility index (Phi) is 2.94. The number of nitrogens with zero attached hydrogens (tertiary/aromatic N) is 1. The second kappa shape index (κ2) is 4.36. The summed E-state index contributed by atoms with van der Waals surface area (Å²) in [6.45, 7) is 5.17. The van der Waals surface area contributed by atoms with E-state index in [1.807, 2.05) is 0 Å². The van der Waals surface area contributed by atoms with E-state index in [4.69, 9.17) is 14.2 Å². The summed E-state index contributed by atoms with van der Waals surface area (Å²) in [6.07, 6.45) is -0.404. The number of hydrogen-bond donors (Lipinski definition) is 1. The van der Waals surface area contributed by atoms with Gasteiger partial charge in [-0.2, -0.15) is 0 Å². The van der Waals surface area contributed by atoms with Crippen molar-refractivity contribution in [2.75, 3.05) is 0 Å². The molecule has 1 aromatic heterocycles. The van der Waals surface area contributed by atoms with Gasteiger partial charge in [-0.05, 0) is 20.8 Å². The molecule has 0 aromatic carbocycles. The Morgan fingerprint density at radius 3 is 2.67 bits per heavy atom. The number of hydrogen-bond acceptors (Lipinski definition) is 6. The van der Waals surface area contributed by atoms with Crippen LogP contribution in [0.2, 0.25) is 0 Å². The number of carbonyl (C=O) groups excluding carboxylic acids is 1.